The molecule has 1 aliphatic rings. The quantitative estimate of drug-likeness (QED) is 0.439. The van der Waals surface area contributed by atoms with Gasteiger partial charge in [0, 0.05) is 60.8 Å². The van der Waals surface area contributed by atoms with E-state index in [0.717, 1.165) is 65.8 Å². The first kappa shape index (κ1) is 21.1. The molecule has 2 aromatic carbocycles. The van der Waals surface area contributed by atoms with Crippen LogP contribution in [0.25, 0.3) is 22.6 Å². The van der Waals surface area contributed by atoms with E-state index < -0.39 is 0 Å². The molecule has 2 N–H and O–H groups in total. The lowest BCUT2D eigenvalue weighted by Gasteiger charge is -2.28. The fourth-order valence-electron chi connectivity index (χ4n) is 4.14. The number of hydrogen-bond acceptors (Lipinski definition) is 6. The van der Waals surface area contributed by atoms with Gasteiger partial charge in [-0.05, 0) is 55.0 Å². The van der Waals surface area contributed by atoms with E-state index in [1.54, 1.807) is 0 Å². The zero-order chi connectivity index (χ0) is 22.6. The molecule has 0 amide bonds. The van der Waals surface area contributed by atoms with Crippen molar-refractivity contribution in [2.24, 2.45) is 0 Å². The Morgan fingerprint density at radius 2 is 1.85 bits per heavy atom. The van der Waals surface area contributed by atoms with Crippen molar-refractivity contribution in [2.75, 3.05) is 18.9 Å². The number of nitrogens with two attached hydrogens (primary N) is 1. The average Bonchev–Trinajstić information content (AvgIpc) is 2.85. The standard InChI is InChI=1S/C27H27N5O/c1-2-33-24-5-3-4-21(14-24)25-11-6-19(15-29-25)17-32-13-12-26-22(18-32)16-30-27(31-26)20-7-9-23(28)10-8-20/h3-11,14-16H,2,12-13,17-18,28H2,1H3. The zero-order valence-corrected chi connectivity index (χ0v) is 18.7. The summed E-state index contributed by atoms with van der Waals surface area (Å²) in [5.41, 5.74) is 13.1. The number of aromatic nitrogens is 3. The van der Waals surface area contributed by atoms with Gasteiger partial charge in [0.2, 0.25) is 0 Å². The van der Waals surface area contributed by atoms with Crippen molar-refractivity contribution >= 4 is 5.69 Å². The van der Waals surface area contributed by atoms with Crippen LogP contribution in [0, 0.1) is 0 Å². The Balaban J connectivity index is 1.25. The van der Waals surface area contributed by atoms with Crippen LogP contribution in [0.4, 0.5) is 5.69 Å². The van der Waals surface area contributed by atoms with Crippen LogP contribution in [0.5, 0.6) is 5.75 Å². The molecule has 6 heteroatoms. The van der Waals surface area contributed by atoms with Gasteiger partial charge in [0.25, 0.3) is 0 Å². The number of pyridine rings is 1. The Kier molecular flexibility index (Phi) is 6.00. The van der Waals surface area contributed by atoms with Crippen LogP contribution in [0.15, 0.2) is 73.1 Å². The Labute approximate surface area is 194 Å². The Hall–Kier alpha value is -3.77. The third kappa shape index (κ3) is 4.86. The number of rotatable bonds is 6. The first-order valence-electron chi connectivity index (χ1n) is 11.3. The van der Waals surface area contributed by atoms with E-state index in [-0.39, 0.29) is 0 Å². The summed E-state index contributed by atoms with van der Waals surface area (Å²) < 4.78 is 5.61. The van der Waals surface area contributed by atoms with Gasteiger partial charge in [0.05, 0.1) is 18.0 Å². The van der Waals surface area contributed by atoms with Crippen molar-refractivity contribution < 1.29 is 4.74 Å². The molecule has 0 bridgehead atoms. The molecule has 1 aliphatic heterocycles. The Morgan fingerprint density at radius 3 is 2.64 bits per heavy atom. The van der Waals surface area contributed by atoms with Crippen LogP contribution < -0.4 is 10.5 Å². The van der Waals surface area contributed by atoms with Gasteiger partial charge < -0.3 is 10.5 Å². The smallest absolute Gasteiger partial charge is 0.159 e. The molecule has 0 saturated carbocycles. The topological polar surface area (TPSA) is 77.2 Å². The van der Waals surface area contributed by atoms with Crippen LogP contribution in [-0.2, 0) is 19.5 Å². The molecule has 0 atom stereocenters. The molecule has 3 heterocycles. The molecule has 0 aliphatic carbocycles. The SMILES string of the molecule is CCOc1cccc(-c2ccc(CN3CCc4nc(-c5ccc(N)cc5)ncc4C3)cn2)c1. The highest BCUT2D eigenvalue weighted by atomic mass is 16.5. The molecule has 0 fully saturated rings. The van der Waals surface area contributed by atoms with Crippen molar-refractivity contribution in [3.8, 4) is 28.4 Å². The normalized spacial score (nSPS) is 13.5. The first-order valence-corrected chi connectivity index (χ1v) is 11.3. The zero-order valence-electron chi connectivity index (χ0n) is 18.7. The van der Waals surface area contributed by atoms with Gasteiger partial charge in [-0.15, -0.1) is 0 Å². The van der Waals surface area contributed by atoms with Gasteiger partial charge in [-0.1, -0.05) is 18.2 Å². The summed E-state index contributed by atoms with van der Waals surface area (Å²) >= 11 is 0. The molecule has 2 aromatic heterocycles. The second-order valence-electron chi connectivity index (χ2n) is 8.26. The number of benzene rings is 2. The lowest BCUT2D eigenvalue weighted by molar-refractivity contribution is 0.242. The van der Waals surface area contributed by atoms with E-state index >= 15 is 0 Å². The summed E-state index contributed by atoms with van der Waals surface area (Å²) in [6, 6.07) is 20.0. The fourth-order valence-corrected chi connectivity index (χ4v) is 4.14. The van der Waals surface area contributed by atoms with E-state index in [1.165, 1.54) is 11.1 Å². The fraction of sp³-hybridized carbons (Fsp3) is 0.222. The highest BCUT2D eigenvalue weighted by Gasteiger charge is 2.19. The lowest BCUT2D eigenvalue weighted by Crippen LogP contribution is -2.31. The number of ether oxygens (including phenoxy) is 1. The van der Waals surface area contributed by atoms with E-state index in [9.17, 15) is 0 Å². The van der Waals surface area contributed by atoms with E-state index in [4.69, 9.17) is 20.4 Å². The van der Waals surface area contributed by atoms with Gasteiger partial charge in [-0.3, -0.25) is 9.88 Å². The van der Waals surface area contributed by atoms with Crippen LogP contribution in [0.2, 0.25) is 0 Å². The number of fused-ring (bicyclic) bond motifs is 1. The van der Waals surface area contributed by atoms with Gasteiger partial charge >= 0.3 is 0 Å². The highest BCUT2D eigenvalue weighted by molar-refractivity contribution is 5.61. The average molecular weight is 438 g/mol. The Bertz CT molecular complexity index is 1240. The molecular weight excluding hydrogens is 410 g/mol. The molecular formula is C27H27N5O. The second-order valence-corrected chi connectivity index (χ2v) is 8.26. The van der Waals surface area contributed by atoms with Crippen LogP contribution in [0.1, 0.15) is 23.7 Å². The van der Waals surface area contributed by atoms with Crippen molar-refractivity contribution in [1.29, 1.82) is 0 Å². The molecule has 33 heavy (non-hydrogen) atoms. The maximum atomic E-state index is 5.79. The summed E-state index contributed by atoms with van der Waals surface area (Å²) in [5, 5.41) is 0. The molecule has 166 valence electrons. The summed E-state index contributed by atoms with van der Waals surface area (Å²) in [6.45, 7) is 5.30. The van der Waals surface area contributed by atoms with Crippen molar-refractivity contribution in [3.63, 3.8) is 0 Å². The third-order valence-electron chi connectivity index (χ3n) is 5.85. The maximum Gasteiger partial charge on any atom is 0.159 e. The largest absolute Gasteiger partial charge is 0.494 e. The third-order valence-corrected chi connectivity index (χ3v) is 5.85. The second kappa shape index (κ2) is 9.38. The van der Waals surface area contributed by atoms with Crippen molar-refractivity contribution in [3.05, 3.63) is 89.9 Å². The number of anilines is 1. The van der Waals surface area contributed by atoms with Crippen LogP contribution >= 0.6 is 0 Å². The van der Waals surface area contributed by atoms with Gasteiger partial charge in [-0.25, -0.2) is 9.97 Å². The number of nitrogens with zero attached hydrogens (tertiary/aromatic N) is 4. The molecule has 4 aromatic rings. The molecule has 0 saturated heterocycles. The van der Waals surface area contributed by atoms with Crippen LogP contribution in [0.3, 0.4) is 0 Å². The van der Waals surface area contributed by atoms with Crippen molar-refractivity contribution in [1.82, 2.24) is 19.9 Å². The predicted molar refractivity (Wildman–Crippen MR) is 131 cm³/mol. The predicted octanol–water partition coefficient (Wildman–Crippen LogP) is 4.74. The summed E-state index contributed by atoms with van der Waals surface area (Å²) in [6.07, 6.45) is 4.85. The number of nitrogen functional groups attached to an aromatic ring is 1. The summed E-state index contributed by atoms with van der Waals surface area (Å²) in [5.74, 6) is 1.63. The highest BCUT2D eigenvalue weighted by Crippen LogP contribution is 2.25. The van der Waals surface area contributed by atoms with E-state index in [2.05, 4.69) is 28.1 Å². The molecule has 0 unspecified atom stereocenters. The van der Waals surface area contributed by atoms with Gasteiger partial charge in [0.1, 0.15) is 5.75 Å². The van der Waals surface area contributed by atoms with Gasteiger partial charge in [-0.2, -0.15) is 0 Å². The molecule has 5 rings (SSSR count). The van der Waals surface area contributed by atoms with Crippen molar-refractivity contribution in [2.45, 2.75) is 26.4 Å². The minimum absolute atomic E-state index is 0.655. The molecule has 0 radical (unpaired) electrons. The minimum Gasteiger partial charge on any atom is -0.494 e. The van der Waals surface area contributed by atoms with E-state index in [1.807, 2.05) is 61.8 Å². The first-order chi connectivity index (χ1) is 16.2. The lowest BCUT2D eigenvalue weighted by atomic mass is 10.1. The Morgan fingerprint density at radius 1 is 0.970 bits per heavy atom. The number of hydrogen-bond donors (Lipinski definition) is 1. The monoisotopic (exact) mass is 437 g/mol. The summed E-state index contributed by atoms with van der Waals surface area (Å²) in [7, 11) is 0. The minimum atomic E-state index is 0.655. The maximum absolute atomic E-state index is 5.79. The van der Waals surface area contributed by atoms with E-state index in [0.29, 0.717) is 6.61 Å². The molecule has 0 spiro atoms. The summed E-state index contributed by atoms with van der Waals surface area (Å²) in [4.78, 5) is 16.5. The van der Waals surface area contributed by atoms with Crippen LogP contribution in [-0.4, -0.2) is 33.0 Å². The molecule has 6 nitrogen and oxygen atoms in total. The van der Waals surface area contributed by atoms with Gasteiger partial charge in [0.15, 0.2) is 5.82 Å².